The van der Waals surface area contributed by atoms with Gasteiger partial charge in [0.1, 0.15) is 0 Å². The molecule has 0 saturated carbocycles. The van der Waals surface area contributed by atoms with Crippen molar-refractivity contribution in [1.29, 1.82) is 0 Å². The van der Waals surface area contributed by atoms with Gasteiger partial charge in [0.05, 0.1) is 5.41 Å². The van der Waals surface area contributed by atoms with E-state index in [1.165, 1.54) is 98.1 Å². The van der Waals surface area contributed by atoms with Crippen LogP contribution in [0.4, 0.5) is 0 Å². The predicted octanol–water partition coefficient (Wildman–Crippen LogP) is 15.3. The molecule has 1 heterocycles. The lowest BCUT2D eigenvalue weighted by Crippen LogP contribution is -2.36. The molecule has 1 aliphatic carbocycles. The van der Waals surface area contributed by atoms with E-state index in [2.05, 4.69) is 231 Å². The summed E-state index contributed by atoms with van der Waals surface area (Å²) in [6.07, 6.45) is 1.76. The molecule has 0 N–H and O–H groups in total. The fraction of sp³-hybridized carbons (Fsp3) is 0.0667. The summed E-state index contributed by atoms with van der Waals surface area (Å²) in [6, 6.07) is 86.5. The Labute approximate surface area is 362 Å². The number of fused-ring (bicyclic) bond motifs is 9. The van der Waals surface area contributed by atoms with Crippen molar-refractivity contribution in [3.63, 3.8) is 0 Å². The minimum Gasteiger partial charge on any atom is -0.0894 e. The van der Waals surface area contributed by atoms with Gasteiger partial charge in [-0.05, 0) is 119 Å². The molecule has 1 aliphatic heterocycles. The first-order valence-electron chi connectivity index (χ1n) is 21.4. The summed E-state index contributed by atoms with van der Waals surface area (Å²) in [5, 5.41) is 5.27. The third kappa shape index (κ3) is 5.61. The van der Waals surface area contributed by atoms with Crippen LogP contribution in [-0.2, 0) is 23.7 Å². The van der Waals surface area contributed by atoms with Gasteiger partial charge in [0.15, 0.2) is 0 Å². The topological polar surface area (TPSA) is 0 Å². The van der Waals surface area contributed by atoms with Gasteiger partial charge in [-0.15, -0.1) is 0 Å². The Hall–Kier alpha value is -6.93. The van der Waals surface area contributed by atoms with E-state index in [1.807, 2.05) is 11.8 Å². The number of rotatable bonds is 7. The van der Waals surface area contributed by atoms with Gasteiger partial charge in [-0.1, -0.05) is 224 Å². The van der Waals surface area contributed by atoms with Crippen LogP contribution in [0, 0.1) is 0 Å². The molecule has 61 heavy (non-hydrogen) atoms. The molecule has 1 heteroatoms. The van der Waals surface area contributed by atoms with Gasteiger partial charge in [-0.3, -0.25) is 0 Å². The second-order valence-corrected chi connectivity index (χ2v) is 17.9. The van der Waals surface area contributed by atoms with Crippen LogP contribution in [0.3, 0.4) is 0 Å². The Morgan fingerprint density at radius 1 is 0.344 bits per heavy atom. The molecule has 0 bridgehead atoms. The standard InChI is InChI=1S/C60H42S/c1-4-16-41(17-5-1)39-59(57-49-24-12-10-18-44(49)33-36-55(57)61-56-37-34-45-19-11-13-25-50(45)58(56)59)40-42-28-30-43(31-29-42)46-32-35-52-51-26-14-15-27-53(51)60(54(52)38-46,47-20-6-2-7-21-47)48-22-8-3-9-23-48/h1-38H,39-40H2. The Morgan fingerprint density at radius 2 is 0.820 bits per heavy atom. The van der Waals surface area contributed by atoms with Crippen LogP contribution in [0.15, 0.2) is 240 Å². The molecule has 0 radical (unpaired) electrons. The van der Waals surface area contributed by atoms with Gasteiger partial charge in [-0.25, -0.2) is 0 Å². The zero-order valence-corrected chi connectivity index (χ0v) is 34.6. The van der Waals surface area contributed by atoms with E-state index < -0.39 is 5.41 Å². The van der Waals surface area contributed by atoms with E-state index in [0.717, 1.165) is 12.8 Å². The van der Waals surface area contributed by atoms with E-state index in [1.54, 1.807) is 0 Å². The highest BCUT2D eigenvalue weighted by atomic mass is 32.2. The van der Waals surface area contributed by atoms with Crippen LogP contribution in [-0.4, -0.2) is 0 Å². The molecule has 10 aromatic carbocycles. The molecule has 0 unspecified atom stereocenters. The average Bonchev–Trinajstić information content (AvgIpc) is 3.63. The van der Waals surface area contributed by atoms with Gasteiger partial charge in [-0.2, -0.15) is 0 Å². The van der Waals surface area contributed by atoms with Crippen LogP contribution < -0.4 is 0 Å². The minimum absolute atomic E-state index is 0.329. The lowest BCUT2D eigenvalue weighted by Gasteiger charge is -2.43. The average molecular weight is 795 g/mol. The molecule has 2 aliphatic rings. The van der Waals surface area contributed by atoms with Crippen molar-refractivity contribution in [1.82, 2.24) is 0 Å². The lowest BCUT2D eigenvalue weighted by atomic mass is 9.64. The maximum Gasteiger partial charge on any atom is 0.0713 e. The van der Waals surface area contributed by atoms with Crippen LogP contribution in [0.2, 0.25) is 0 Å². The molecular weight excluding hydrogens is 753 g/mol. The second-order valence-electron chi connectivity index (χ2n) is 16.8. The zero-order chi connectivity index (χ0) is 40.4. The highest BCUT2D eigenvalue weighted by Gasteiger charge is 2.47. The zero-order valence-electron chi connectivity index (χ0n) is 33.8. The van der Waals surface area contributed by atoms with E-state index in [0.29, 0.717) is 0 Å². The Morgan fingerprint density at radius 3 is 1.43 bits per heavy atom. The first kappa shape index (κ1) is 36.0. The number of hydrogen-bond acceptors (Lipinski definition) is 1. The van der Waals surface area contributed by atoms with Crippen LogP contribution in [0.25, 0.3) is 43.8 Å². The molecule has 12 rings (SSSR count). The summed E-state index contributed by atoms with van der Waals surface area (Å²) < 4.78 is 0. The summed E-state index contributed by atoms with van der Waals surface area (Å²) in [5.74, 6) is 0. The van der Waals surface area contributed by atoms with Gasteiger partial charge in [0.25, 0.3) is 0 Å². The van der Waals surface area contributed by atoms with Crippen molar-refractivity contribution in [2.75, 3.05) is 0 Å². The number of hydrogen-bond donors (Lipinski definition) is 0. The molecule has 0 amide bonds. The van der Waals surface area contributed by atoms with Crippen LogP contribution >= 0.6 is 11.8 Å². The quantitative estimate of drug-likeness (QED) is 0.155. The molecule has 0 atom stereocenters. The van der Waals surface area contributed by atoms with Crippen molar-refractivity contribution >= 4 is 33.3 Å². The first-order valence-corrected chi connectivity index (χ1v) is 22.2. The molecule has 0 nitrogen and oxygen atoms in total. The Kier molecular flexibility index (Phi) is 8.47. The summed E-state index contributed by atoms with van der Waals surface area (Å²) in [4.78, 5) is 2.71. The Balaban J connectivity index is 1.03. The normalized spacial score (nSPS) is 14.2. The predicted molar refractivity (Wildman–Crippen MR) is 256 cm³/mol. The molecule has 0 spiro atoms. The third-order valence-corrected chi connectivity index (χ3v) is 14.7. The fourth-order valence-electron chi connectivity index (χ4n) is 11.1. The van der Waals surface area contributed by atoms with Gasteiger partial charge in [0, 0.05) is 15.2 Å². The van der Waals surface area contributed by atoms with Crippen molar-refractivity contribution in [3.05, 3.63) is 275 Å². The molecule has 288 valence electrons. The van der Waals surface area contributed by atoms with Crippen LogP contribution in [0.1, 0.15) is 44.5 Å². The largest absolute Gasteiger partial charge is 0.0894 e. The van der Waals surface area contributed by atoms with Gasteiger partial charge >= 0.3 is 0 Å². The van der Waals surface area contributed by atoms with E-state index in [9.17, 15) is 0 Å². The molecule has 10 aromatic rings. The summed E-state index contributed by atoms with van der Waals surface area (Å²) >= 11 is 1.94. The fourth-order valence-corrected chi connectivity index (χ4v) is 12.4. The van der Waals surface area contributed by atoms with E-state index in [4.69, 9.17) is 0 Å². The highest BCUT2D eigenvalue weighted by molar-refractivity contribution is 7.99. The van der Waals surface area contributed by atoms with Gasteiger partial charge in [0.2, 0.25) is 0 Å². The summed E-state index contributed by atoms with van der Waals surface area (Å²) in [6.45, 7) is 0. The van der Waals surface area contributed by atoms with Crippen molar-refractivity contribution in [2.24, 2.45) is 0 Å². The van der Waals surface area contributed by atoms with Crippen molar-refractivity contribution in [3.8, 4) is 22.3 Å². The lowest BCUT2D eigenvalue weighted by molar-refractivity contribution is 0.494. The Bertz CT molecular complexity index is 3130. The summed E-state index contributed by atoms with van der Waals surface area (Å²) in [7, 11) is 0. The van der Waals surface area contributed by atoms with Crippen LogP contribution in [0.5, 0.6) is 0 Å². The van der Waals surface area contributed by atoms with Crippen molar-refractivity contribution in [2.45, 2.75) is 33.5 Å². The molecular formula is C60H42S. The monoisotopic (exact) mass is 794 g/mol. The SMILES string of the molecule is c1ccc(CC2(Cc3ccc(-c4ccc5c(c4)C(c4ccccc4)(c4ccccc4)c4ccccc4-5)cc3)c3c(ccc4ccccc34)Sc3ccc4ccccc4c32)cc1. The maximum atomic E-state index is 2.48. The first-order chi connectivity index (χ1) is 30.2. The summed E-state index contributed by atoms with van der Waals surface area (Å²) in [5.41, 5.74) is 15.1. The minimum atomic E-state index is -0.431. The smallest absolute Gasteiger partial charge is 0.0713 e. The molecule has 0 fully saturated rings. The van der Waals surface area contributed by atoms with E-state index >= 15 is 0 Å². The van der Waals surface area contributed by atoms with E-state index in [-0.39, 0.29) is 5.41 Å². The van der Waals surface area contributed by atoms with Crippen molar-refractivity contribution < 1.29 is 0 Å². The van der Waals surface area contributed by atoms with Gasteiger partial charge < -0.3 is 0 Å². The highest BCUT2D eigenvalue weighted by Crippen LogP contribution is 2.58. The molecule has 0 saturated heterocycles. The third-order valence-electron chi connectivity index (χ3n) is 13.6. The number of benzene rings is 10. The molecule has 0 aromatic heterocycles. The maximum absolute atomic E-state index is 2.48. The second kappa shape index (κ2) is 14.4.